The van der Waals surface area contributed by atoms with E-state index in [4.69, 9.17) is 5.11 Å². The van der Waals surface area contributed by atoms with Crippen molar-refractivity contribution in [1.82, 2.24) is 0 Å². The van der Waals surface area contributed by atoms with E-state index in [1.54, 1.807) is 18.1 Å². The number of hydrogen-bond donors (Lipinski definition) is 1. The Kier molecular flexibility index (Phi) is 7.19. The maximum absolute atomic E-state index is 7.57. The molecule has 26 heavy (non-hydrogen) atoms. The van der Waals surface area contributed by atoms with Gasteiger partial charge in [-0.25, -0.2) is 0 Å². The molecular weight excluding hydrogens is 412 g/mol. The number of rotatable bonds is 3. The van der Waals surface area contributed by atoms with Gasteiger partial charge in [0, 0.05) is 6.61 Å². The summed E-state index contributed by atoms with van der Waals surface area (Å²) in [7, 11) is 0. The molecule has 0 aromatic heterocycles. The Morgan fingerprint density at radius 1 is 0.923 bits per heavy atom. The second-order valence-corrected chi connectivity index (χ2v) is 31.3. The van der Waals surface area contributed by atoms with Crippen LogP contribution in [-0.4, -0.2) is 18.6 Å². The summed E-state index contributed by atoms with van der Waals surface area (Å²) in [6.45, 7) is 4.38. The second kappa shape index (κ2) is 9.01. The quantitative estimate of drug-likeness (QED) is 0.550. The first-order valence-corrected chi connectivity index (χ1v) is 23.0. The van der Waals surface area contributed by atoms with E-state index in [2.05, 4.69) is 40.4 Å². The molecule has 4 aliphatic rings. The normalized spacial score (nSPS) is 28.6. The summed E-state index contributed by atoms with van der Waals surface area (Å²) in [5.41, 5.74) is 7.17. The van der Waals surface area contributed by atoms with Crippen molar-refractivity contribution in [3.63, 3.8) is 0 Å². The molecule has 0 aromatic rings. The Hall–Kier alpha value is 0.0200. The first-order chi connectivity index (χ1) is 12.5. The summed E-state index contributed by atoms with van der Waals surface area (Å²) in [6.07, 6.45) is 21.5. The van der Waals surface area contributed by atoms with E-state index >= 15 is 0 Å². The zero-order valence-electron chi connectivity index (χ0n) is 17.1. The molecule has 0 saturated heterocycles. The van der Waals surface area contributed by atoms with Gasteiger partial charge in [-0.2, -0.15) is 0 Å². The van der Waals surface area contributed by atoms with E-state index in [0.29, 0.717) is 0 Å². The van der Waals surface area contributed by atoms with E-state index in [0.717, 1.165) is 15.5 Å². The average molecular weight is 449 g/mol. The summed E-state index contributed by atoms with van der Waals surface area (Å²) < 4.78 is 6.34. The summed E-state index contributed by atoms with van der Waals surface area (Å²) in [5.74, 6) is 1.58. The molecular formula is C23H37OSiZr. The van der Waals surface area contributed by atoms with Crippen molar-refractivity contribution in [1.29, 1.82) is 0 Å². The van der Waals surface area contributed by atoms with Crippen LogP contribution in [0.25, 0.3) is 0 Å². The van der Waals surface area contributed by atoms with Crippen LogP contribution in [0.5, 0.6) is 0 Å². The molecule has 4 rings (SSSR count). The maximum atomic E-state index is 7.57. The van der Waals surface area contributed by atoms with Crippen LogP contribution in [0, 0.1) is 11.8 Å². The van der Waals surface area contributed by atoms with Gasteiger partial charge in [-0.15, -0.1) is 0 Å². The van der Waals surface area contributed by atoms with Gasteiger partial charge in [0.05, 0.1) is 0 Å². The molecule has 0 saturated carbocycles. The van der Waals surface area contributed by atoms with Crippen molar-refractivity contribution >= 4 is 6.88 Å². The molecule has 0 radical (unpaired) electrons. The third-order valence-electron chi connectivity index (χ3n) is 6.60. The standard InChI is InChI=1S/C19H23.C2H6O.2CH3.H2Si.Zr/c1-3-7-18-14(5-1)9-11-16(18)13-17-12-10-15-6-2-4-8-19(15)17;1-2-3;;;;/h9-13,16-17H,1-8H2;3H,2H2,1H3;2*1H3;1H2;. The molecule has 1 N–H and O–H groups in total. The molecule has 0 bridgehead atoms. The fourth-order valence-corrected chi connectivity index (χ4v) is 14.9. The Morgan fingerprint density at radius 3 is 1.69 bits per heavy atom. The zero-order valence-corrected chi connectivity index (χ0v) is 20.9. The number of hydrogen-bond acceptors (Lipinski definition) is 1. The summed E-state index contributed by atoms with van der Waals surface area (Å²) in [5, 5.41) is 7.57. The van der Waals surface area contributed by atoms with Crippen LogP contribution in [0.3, 0.4) is 0 Å². The van der Waals surface area contributed by atoms with Gasteiger partial charge in [-0.3, -0.25) is 0 Å². The molecule has 0 aliphatic heterocycles. The molecule has 2 atom stereocenters. The van der Waals surface area contributed by atoms with Gasteiger partial charge >= 0.3 is 148 Å². The van der Waals surface area contributed by atoms with Crippen molar-refractivity contribution in [2.45, 2.75) is 71.2 Å². The molecule has 0 heterocycles. The van der Waals surface area contributed by atoms with E-state index in [1.807, 2.05) is 11.1 Å². The second-order valence-electron chi connectivity index (χ2n) is 9.12. The first kappa shape index (κ1) is 20.7. The van der Waals surface area contributed by atoms with E-state index < -0.39 is 18.9 Å². The van der Waals surface area contributed by atoms with Crippen molar-refractivity contribution in [2.75, 3.05) is 6.61 Å². The molecule has 0 aromatic carbocycles. The van der Waals surface area contributed by atoms with Gasteiger partial charge < -0.3 is 5.11 Å². The van der Waals surface area contributed by atoms with Gasteiger partial charge in [0.2, 0.25) is 0 Å². The van der Waals surface area contributed by atoms with Gasteiger partial charge in [0.15, 0.2) is 0 Å². The minimum atomic E-state index is -2.03. The monoisotopic (exact) mass is 447 g/mol. The van der Waals surface area contributed by atoms with Gasteiger partial charge in [-0.1, -0.05) is 0 Å². The molecule has 143 valence electrons. The van der Waals surface area contributed by atoms with Gasteiger partial charge in [0.1, 0.15) is 0 Å². The van der Waals surface area contributed by atoms with Crippen LogP contribution < -0.4 is 0 Å². The number of aliphatic hydroxyl groups is 1. The molecule has 0 fully saturated rings. The fourth-order valence-electron chi connectivity index (χ4n) is 5.59. The Balaban J connectivity index is 0.000000613. The minimum absolute atomic E-state index is 0.250. The number of allylic oxidation sites excluding steroid dienone is 8. The Bertz CT molecular complexity index is 643. The predicted molar refractivity (Wildman–Crippen MR) is 113 cm³/mol. The first-order valence-electron chi connectivity index (χ1n) is 10.7. The number of aliphatic hydroxyl groups excluding tert-OH is 1. The summed E-state index contributed by atoms with van der Waals surface area (Å²) >= 11 is -2.03. The topological polar surface area (TPSA) is 20.2 Å². The van der Waals surface area contributed by atoms with E-state index in [9.17, 15) is 0 Å². The van der Waals surface area contributed by atoms with Crippen LogP contribution >= 0.6 is 0 Å². The fraction of sp³-hybridized carbons (Fsp3) is 0.652. The van der Waals surface area contributed by atoms with Crippen molar-refractivity contribution in [2.24, 2.45) is 11.8 Å². The van der Waals surface area contributed by atoms with Crippen LogP contribution in [0.4, 0.5) is 0 Å². The van der Waals surface area contributed by atoms with Gasteiger partial charge in [-0.05, 0) is 6.92 Å². The van der Waals surface area contributed by atoms with E-state index in [-0.39, 0.29) is 6.61 Å². The van der Waals surface area contributed by atoms with Crippen molar-refractivity contribution < 1.29 is 24.0 Å². The molecule has 3 heteroatoms. The average Bonchev–Trinajstić information content (AvgIpc) is 3.20. The van der Waals surface area contributed by atoms with Gasteiger partial charge in [0.25, 0.3) is 0 Å². The van der Waals surface area contributed by atoms with Crippen LogP contribution in [-0.2, 0) is 18.9 Å². The third kappa shape index (κ3) is 4.36. The van der Waals surface area contributed by atoms with Crippen LogP contribution in [0.2, 0.25) is 12.9 Å². The molecule has 0 spiro atoms. The molecule has 4 aliphatic carbocycles. The molecule has 2 unspecified atom stereocenters. The summed E-state index contributed by atoms with van der Waals surface area (Å²) in [6, 6.07) is 0. The molecule has 1 nitrogen and oxygen atoms in total. The van der Waals surface area contributed by atoms with Crippen LogP contribution in [0.1, 0.15) is 58.3 Å². The van der Waals surface area contributed by atoms with Crippen LogP contribution in [0.15, 0.2) is 46.6 Å². The third-order valence-corrected chi connectivity index (χ3v) is 15.6. The zero-order chi connectivity index (χ0) is 18.7. The molecule has 0 amide bonds. The van der Waals surface area contributed by atoms with Crippen molar-refractivity contribution in [3.05, 3.63) is 46.6 Å². The predicted octanol–water partition coefficient (Wildman–Crippen LogP) is 5.68. The van der Waals surface area contributed by atoms with E-state index in [1.165, 1.54) is 51.4 Å². The Morgan fingerprint density at radius 2 is 1.31 bits per heavy atom. The van der Waals surface area contributed by atoms with Crippen molar-refractivity contribution in [3.8, 4) is 0 Å². The SMILES string of the molecule is CCO.[CH3][Zr]([CH3])(=[SiH2])[CH](C1C=CC2=C1CCCC2)C1C=CC2=C1CCCC2. The Labute approximate surface area is 166 Å². The summed E-state index contributed by atoms with van der Waals surface area (Å²) in [4.78, 5) is 0.